The van der Waals surface area contributed by atoms with Crippen LogP contribution in [0.4, 0.5) is 4.39 Å². The third-order valence-corrected chi connectivity index (χ3v) is 3.96. The van der Waals surface area contributed by atoms with Gasteiger partial charge in [-0.25, -0.2) is 14.1 Å². The first-order valence-corrected chi connectivity index (χ1v) is 8.00. The smallest absolute Gasteiger partial charge is 0.150 e. The summed E-state index contributed by atoms with van der Waals surface area (Å²) in [6.07, 6.45) is 2.91. The molecule has 0 aliphatic carbocycles. The summed E-state index contributed by atoms with van der Waals surface area (Å²) in [6, 6.07) is 15.1. The van der Waals surface area contributed by atoms with Crippen molar-refractivity contribution in [2.45, 2.75) is 18.8 Å². The SMILES string of the molecule is C=C(NOCc1ccc(F)cc1)C(O)(Cn1cncn1)c1ccccc1. The van der Waals surface area contributed by atoms with Crippen LogP contribution < -0.4 is 5.48 Å². The lowest BCUT2D eigenvalue weighted by Crippen LogP contribution is -2.39. The van der Waals surface area contributed by atoms with E-state index in [-0.39, 0.29) is 24.7 Å². The zero-order valence-electron chi connectivity index (χ0n) is 14.0. The average molecular weight is 354 g/mol. The quantitative estimate of drug-likeness (QED) is 0.608. The van der Waals surface area contributed by atoms with E-state index in [1.165, 1.54) is 29.5 Å². The number of hydroxylamine groups is 1. The molecule has 134 valence electrons. The zero-order chi connectivity index (χ0) is 18.4. The van der Waals surface area contributed by atoms with E-state index in [0.29, 0.717) is 5.56 Å². The van der Waals surface area contributed by atoms with Gasteiger partial charge in [0.2, 0.25) is 0 Å². The molecule has 0 fully saturated rings. The second-order valence-corrected chi connectivity index (χ2v) is 5.82. The van der Waals surface area contributed by atoms with E-state index < -0.39 is 5.60 Å². The van der Waals surface area contributed by atoms with Crippen LogP contribution in [0.25, 0.3) is 0 Å². The Labute approximate surface area is 150 Å². The van der Waals surface area contributed by atoms with Crippen LogP contribution in [0.1, 0.15) is 11.1 Å². The topological polar surface area (TPSA) is 72.2 Å². The van der Waals surface area contributed by atoms with Gasteiger partial charge in [0.15, 0.2) is 5.60 Å². The fourth-order valence-corrected chi connectivity index (χ4v) is 2.50. The molecule has 1 heterocycles. The molecule has 1 aromatic heterocycles. The van der Waals surface area contributed by atoms with E-state index in [9.17, 15) is 9.50 Å². The van der Waals surface area contributed by atoms with Crippen LogP contribution in [0, 0.1) is 5.82 Å². The Hall–Kier alpha value is -3.03. The maximum Gasteiger partial charge on any atom is 0.150 e. The van der Waals surface area contributed by atoms with E-state index in [0.717, 1.165) is 5.56 Å². The first-order valence-electron chi connectivity index (χ1n) is 8.00. The zero-order valence-corrected chi connectivity index (χ0v) is 14.0. The maximum atomic E-state index is 12.9. The molecule has 6 nitrogen and oxygen atoms in total. The molecular weight excluding hydrogens is 335 g/mol. The minimum Gasteiger partial charge on any atom is -0.377 e. The monoisotopic (exact) mass is 354 g/mol. The highest BCUT2D eigenvalue weighted by Gasteiger charge is 2.34. The Morgan fingerprint density at radius 2 is 1.92 bits per heavy atom. The predicted octanol–water partition coefficient (Wildman–Crippen LogP) is 2.54. The van der Waals surface area contributed by atoms with Gasteiger partial charge in [0.25, 0.3) is 0 Å². The molecule has 0 aliphatic rings. The van der Waals surface area contributed by atoms with Gasteiger partial charge in [-0.15, -0.1) is 0 Å². The van der Waals surface area contributed by atoms with Crippen LogP contribution in [0.2, 0.25) is 0 Å². The van der Waals surface area contributed by atoms with Gasteiger partial charge in [-0.1, -0.05) is 49.0 Å². The number of aliphatic hydroxyl groups is 1. The molecule has 1 atom stereocenters. The van der Waals surface area contributed by atoms with Crippen molar-refractivity contribution in [2.75, 3.05) is 0 Å². The highest BCUT2D eigenvalue weighted by molar-refractivity contribution is 5.30. The molecule has 0 radical (unpaired) electrons. The van der Waals surface area contributed by atoms with Gasteiger partial charge < -0.3 is 5.11 Å². The second-order valence-electron chi connectivity index (χ2n) is 5.82. The van der Waals surface area contributed by atoms with Crippen molar-refractivity contribution in [3.05, 3.63) is 96.5 Å². The average Bonchev–Trinajstić information content (AvgIpc) is 3.16. The van der Waals surface area contributed by atoms with Crippen molar-refractivity contribution < 1.29 is 14.3 Å². The number of aromatic nitrogens is 3. The fourth-order valence-electron chi connectivity index (χ4n) is 2.50. The fraction of sp³-hybridized carbons (Fsp3) is 0.158. The van der Waals surface area contributed by atoms with E-state index in [2.05, 4.69) is 22.1 Å². The predicted molar refractivity (Wildman–Crippen MR) is 93.8 cm³/mol. The van der Waals surface area contributed by atoms with Crippen molar-refractivity contribution in [3.63, 3.8) is 0 Å². The van der Waals surface area contributed by atoms with Gasteiger partial charge in [-0.3, -0.25) is 10.3 Å². The van der Waals surface area contributed by atoms with Crippen LogP contribution in [0.5, 0.6) is 0 Å². The molecule has 0 amide bonds. The summed E-state index contributed by atoms with van der Waals surface area (Å²) in [5, 5.41) is 15.3. The molecule has 26 heavy (non-hydrogen) atoms. The Bertz CT molecular complexity index is 838. The summed E-state index contributed by atoms with van der Waals surface area (Å²) in [7, 11) is 0. The van der Waals surface area contributed by atoms with Crippen molar-refractivity contribution in [1.29, 1.82) is 0 Å². The molecule has 0 bridgehead atoms. The Balaban J connectivity index is 1.71. The first-order chi connectivity index (χ1) is 12.6. The summed E-state index contributed by atoms with van der Waals surface area (Å²) in [5.41, 5.74) is 2.91. The summed E-state index contributed by atoms with van der Waals surface area (Å²) >= 11 is 0. The summed E-state index contributed by atoms with van der Waals surface area (Å²) < 4.78 is 14.5. The number of nitrogens with zero attached hydrogens (tertiary/aromatic N) is 3. The Morgan fingerprint density at radius 1 is 1.19 bits per heavy atom. The van der Waals surface area contributed by atoms with Crippen LogP contribution in [0.15, 0.2) is 79.5 Å². The molecule has 3 aromatic rings. The standard InChI is InChI=1S/C19H19FN4O2/c1-15(23-26-11-16-7-9-18(20)10-8-16)19(25,12-24-14-21-13-22-24)17-5-3-2-4-6-17/h2-10,13-14,23,25H,1,11-12H2. The van der Waals surface area contributed by atoms with Gasteiger partial charge in [0.1, 0.15) is 18.5 Å². The van der Waals surface area contributed by atoms with Gasteiger partial charge in [0, 0.05) is 0 Å². The molecular formula is C19H19FN4O2. The molecule has 2 N–H and O–H groups in total. The molecule has 7 heteroatoms. The lowest BCUT2D eigenvalue weighted by molar-refractivity contribution is -0.0148. The molecule has 0 spiro atoms. The molecule has 0 saturated heterocycles. The van der Waals surface area contributed by atoms with Gasteiger partial charge in [-0.05, 0) is 23.3 Å². The Kier molecular flexibility index (Phi) is 5.40. The molecule has 3 rings (SSSR count). The lowest BCUT2D eigenvalue weighted by Gasteiger charge is -2.30. The number of rotatable bonds is 8. The van der Waals surface area contributed by atoms with Crippen molar-refractivity contribution in [3.8, 4) is 0 Å². The molecule has 0 saturated carbocycles. The Morgan fingerprint density at radius 3 is 2.58 bits per heavy atom. The van der Waals surface area contributed by atoms with E-state index in [4.69, 9.17) is 4.84 Å². The third kappa shape index (κ3) is 4.14. The van der Waals surface area contributed by atoms with Crippen LogP contribution in [0.3, 0.4) is 0 Å². The van der Waals surface area contributed by atoms with Gasteiger partial charge >= 0.3 is 0 Å². The number of halogens is 1. The number of hydrogen-bond acceptors (Lipinski definition) is 5. The maximum absolute atomic E-state index is 12.9. The minimum atomic E-state index is -1.46. The van der Waals surface area contributed by atoms with E-state index in [1.807, 2.05) is 18.2 Å². The number of hydrogen-bond donors (Lipinski definition) is 2. The molecule has 0 aliphatic heterocycles. The third-order valence-electron chi connectivity index (χ3n) is 3.96. The molecule has 1 unspecified atom stereocenters. The highest BCUT2D eigenvalue weighted by Crippen LogP contribution is 2.29. The van der Waals surface area contributed by atoms with Crippen molar-refractivity contribution in [2.24, 2.45) is 0 Å². The summed E-state index contributed by atoms with van der Waals surface area (Å²) in [6.45, 7) is 4.22. The van der Waals surface area contributed by atoms with Crippen LogP contribution in [-0.4, -0.2) is 19.9 Å². The van der Waals surface area contributed by atoms with E-state index >= 15 is 0 Å². The number of nitrogens with one attached hydrogen (secondary N) is 1. The molecule has 2 aromatic carbocycles. The van der Waals surface area contributed by atoms with E-state index in [1.54, 1.807) is 24.3 Å². The number of benzene rings is 2. The van der Waals surface area contributed by atoms with Crippen molar-refractivity contribution in [1.82, 2.24) is 20.2 Å². The van der Waals surface area contributed by atoms with Crippen molar-refractivity contribution >= 4 is 0 Å². The lowest BCUT2D eigenvalue weighted by atomic mass is 9.91. The second kappa shape index (κ2) is 7.90. The first kappa shape index (κ1) is 17.8. The van der Waals surface area contributed by atoms with Gasteiger partial charge in [-0.2, -0.15) is 5.10 Å². The minimum absolute atomic E-state index is 0.114. The highest BCUT2D eigenvalue weighted by atomic mass is 19.1. The summed E-state index contributed by atoms with van der Waals surface area (Å²) in [4.78, 5) is 9.33. The largest absolute Gasteiger partial charge is 0.377 e. The summed E-state index contributed by atoms with van der Waals surface area (Å²) in [5.74, 6) is -0.308. The normalized spacial score (nSPS) is 13.2. The van der Waals surface area contributed by atoms with Crippen LogP contribution in [-0.2, 0) is 23.6 Å². The van der Waals surface area contributed by atoms with Gasteiger partial charge in [0.05, 0.1) is 18.8 Å². The van der Waals surface area contributed by atoms with Crippen LogP contribution >= 0.6 is 0 Å².